The van der Waals surface area contributed by atoms with Crippen molar-refractivity contribution in [3.8, 4) is 0 Å². The highest BCUT2D eigenvalue weighted by atomic mass is 35.5. The fourth-order valence-electron chi connectivity index (χ4n) is 1.33. The average molecular weight is 260 g/mol. The van der Waals surface area contributed by atoms with Crippen LogP contribution in [0.15, 0.2) is 12.1 Å². The van der Waals surface area contributed by atoms with Crippen molar-refractivity contribution in [2.45, 2.75) is 13.0 Å². The second-order valence-corrected chi connectivity index (χ2v) is 4.07. The summed E-state index contributed by atoms with van der Waals surface area (Å²) < 4.78 is 5.02. The predicted molar refractivity (Wildman–Crippen MR) is 65.6 cm³/mol. The largest absolute Gasteiger partial charge is 0.383 e. The molecule has 1 heterocycles. The molecule has 7 heteroatoms. The van der Waals surface area contributed by atoms with Gasteiger partial charge in [-0.3, -0.25) is 10.1 Å². The van der Waals surface area contributed by atoms with E-state index in [1.54, 1.807) is 19.1 Å². The van der Waals surface area contributed by atoms with Gasteiger partial charge in [-0.1, -0.05) is 11.6 Å². The number of methoxy groups -OCH3 is 1. The minimum Gasteiger partial charge on any atom is -0.383 e. The molecule has 0 aliphatic carbocycles. The molecule has 1 rings (SSSR count). The van der Waals surface area contributed by atoms with Gasteiger partial charge in [0.1, 0.15) is 11.0 Å². The molecule has 0 radical (unpaired) electrons. The summed E-state index contributed by atoms with van der Waals surface area (Å²) >= 11 is 5.75. The first-order valence-electron chi connectivity index (χ1n) is 4.99. The number of hydrogen-bond donors (Lipinski definition) is 0. The quantitative estimate of drug-likeness (QED) is 0.460. The first-order valence-corrected chi connectivity index (χ1v) is 5.37. The maximum absolute atomic E-state index is 10.7. The maximum Gasteiger partial charge on any atom is 0.276 e. The summed E-state index contributed by atoms with van der Waals surface area (Å²) in [6.45, 7) is 2.43. The van der Waals surface area contributed by atoms with Crippen LogP contribution in [0.2, 0.25) is 5.15 Å². The molecular formula is C10H14ClN3O3. The zero-order valence-corrected chi connectivity index (χ0v) is 10.6. The second-order valence-electron chi connectivity index (χ2n) is 3.68. The van der Waals surface area contributed by atoms with Crippen molar-refractivity contribution in [2.24, 2.45) is 0 Å². The van der Waals surface area contributed by atoms with E-state index < -0.39 is 4.92 Å². The van der Waals surface area contributed by atoms with Gasteiger partial charge in [0, 0.05) is 14.2 Å². The third-order valence-electron chi connectivity index (χ3n) is 2.41. The van der Waals surface area contributed by atoms with Gasteiger partial charge in [-0.2, -0.15) is 0 Å². The number of likely N-dealkylation sites (N-methyl/N-ethyl adjacent to an activating group) is 1. The predicted octanol–water partition coefficient (Wildman–Crippen LogP) is 2.11. The summed E-state index contributed by atoms with van der Waals surface area (Å²) in [5.74, 6) is 0.453. The zero-order valence-electron chi connectivity index (χ0n) is 9.88. The lowest BCUT2D eigenvalue weighted by molar-refractivity contribution is -0.384. The van der Waals surface area contributed by atoms with Gasteiger partial charge in [-0.25, -0.2) is 4.98 Å². The molecule has 94 valence electrons. The van der Waals surface area contributed by atoms with Crippen LogP contribution in [0.5, 0.6) is 0 Å². The van der Waals surface area contributed by atoms with Gasteiger partial charge in [0.05, 0.1) is 29.7 Å². The van der Waals surface area contributed by atoms with Crippen molar-refractivity contribution in [3.05, 3.63) is 27.4 Å². The van der Waals surface area contributed by atoms with Crippen LogP contribution in [0, 0.1) is 10.1 Å². The summed E-state index contributed by atoms with van der Waals surface area (Å²) in [5.41, 5.74) is -0.0727. The molecule has 1 unspecified atom stereocenters. The Morgan fingerprint density at radius 2 is 2.29 bits per heavy atom. The fraction of sp³-hybridized carbons (Fsp3) is 0.500. The van der Waals surface area contributed by atoms with Crippen LogP contribution < -0.4 is 4.90 Å². The van der Waals surface area contributed by atoms with Gasteiger partial charge < -0.3 is 9.64 Å². The topological polar surface area (TPSA) is 68.5 Å². The Balaban J connectivity index is 3.01. The number of halogens is 1. The van der Waals surface area contributed by atoms with Crippen LogP contribution in [0.25, 0.3) is 0 Å². The molecule has 0 amide bonds. The van der Waals surface area contributed by atoms with Gasteiger partial charge in [-0.15, -0.1) is 0 Å². The van der Waals surface area contributed by atoms with Crippen molar-refractivity contribution < 1.29 is 9.66 Å². The first kappa shape index (κ1) is 13.7. The maximum atomic E-state index is 10.7. The summed E-state index contributed by atoms with van der Waals surface area (Å²) in [6, 6.07) is 2.66. The molecule has 0 saturated heterocycles. The molecule has 17 heavy (non-hydrogen) atoms. The first-order chi connectivity index (χ1) is 7.95. The molecule has 0 aromatic carbocycles. The van der Waals surface area contributed by atoms with E-state index in [0.29, 0.717) is 12.4 Å². The highest BCUT2D eigenvalue weighted by Gasteiger charge is 2.16. The highest BCUT2D eigenvalue weighted by Crippen LogP contribution is 2.23. The molecule has 0 aliphatic rings. The summed E-state index contributed by atoms with van der Waals surface area (Å²) in [4.78, 5) is 16.0. The number of pyridine rings is 1. The third-order valence-corrected chi connectivity index (χ3v) is 2.60. The van der Waals surface area contributed by atoms with Crippen LogP contribution >= 0.6 is 11.6 Å². The Hall–Kier alpha value is -1.40. The standard InChI is InChI=1S/C10H14ClN3O3/c1-7(6-17-3)13(2)10-5-8(14(15)16)4-9(11)12-10/h4-5,7H,6H2,1-3H3. The van der Waals surface area contributed by atoms with Crippen molar-refractivity contribution in [1.29, 1.82) is 0 Å². The van der Waals surface area contributed by atoms with Crippen molar-refractivity contribution >= 4 is 23.1 Å². The van der Waals surface area contributed by atoms with E-state index in [-0.39, 0.29) is 16.9 Å². The van der Waals surface area contributed by atoms with E-state index in [4.69, 9.17) is 16.3 Å². The summed E-state index contributed by atoms with van der Waals surface area (Å²) in [7, 11) is 3.38. The third kappa shape index (κ3) is 3.54. The molecule has 0 aliphatic heterocycles. The monoisotopic (exact) mass is 259 g/mol. The van der Waals surface area contributed by atoms with E-state index >= 15 is 0 Å². The highest BCUT2D eigenvalue weighted by molar-refractivity contribution is 6.29. The van der Waals surface area contributed by atoms with E-state index in [0.717, 1.165) is 0 Å². The number of anilines is 1. The van der Waals surface area contributed by atoms with Crippen LogP contribution in [-0.2, 0) is 4.74 Å². The minimum atomic E-state index is -0.494. The fourth-order valence-corrected chi connectivity index (χ4v) is 1.53. The molecule has 1 aromatic heterocycles. The number of hydrogen-bond acceptors (Lipinski definition) is 5. The van der Waals surface area contributed by atoms with Crippen molar-refractivity contribution in [3.63, 3.8) is 0 Å². The van der Waals surface area contributed by atoms with Crippen molar-refractivity contribution in [1.82, 2.24) is 4.98 Å². The summed E-state index contributed by atoms with van der Waals surface area (Å²) in [6.07, 6.45) is 0. The minimum absolute atomic E-state index is 0.0468. The Kier molecular flexibility index (Phi) is 4.65. The Morgan fingerprint density at radius 1 is 1.65 bits per heavy atom. The lowest BCUT2D eigenvalue weighted by atomic mass is 10.3. The molecule has 0 N–H and O–H groups in total. The molecule has 0 fully saturated rings. The van der Waals surface area contributed by atoms with Gasteiger partial charge in [0.15, 0.2) is 0 Å². The van der Waals surface area contributed by atoms with E-state index in [2.05, 4.69) is 4.98 Å². The van der Waals surface area contributed by atoms with Crippen LogP contribution in [-0.4, -0.2) is 36.7 Å². The lowest BCUT2D eigenvalue weighted by Gasteiger charge is -2.25. The Morgan fingerprint density at radius 3 is 2.82 bits per heavy atom. The summed E-state index contributed by atoms with van der Waals surface area (Å²) in [5, 5.41) is 10.8. The van der Waals surface area contributed by atoms with E-state index in [1.165, 1.54) is 12.1 Å². The number of nitro groups is 1. The number of ether oxygens (including phenoxy) is 1. The smallest absolute Gasteiger partial charge is 0.276 e. The van der Waals surface area contributed by atoms with Crippen LogP contribution in [0.4, 0.5) is 11.5 Å². The number of aromatic nitrogens is 1. The number of nitrogens with zero attached hydrogens (tertiary/aromatic N) is 3. The van der Waals surface area contributed by atoms with Crippen LogP contribution in [0.3, 0.4) is 0 Å². The van der Waals surface area contributed by atoms with Crippen LogP contribution in [0.1, 0.15) is 6.92 Å². The Bertz CT molecular complexity index is 414. The second kappa shape index (κ2) is 5.79. The normalized spacial score (nSPS) is 12.2. The molecule has 0 bridgehead atoms. The molecule has 0 saturated carbocycles. The van der Waals surface area contributed by atoms with Gasteiger partial charge in [0.25, 0.3) is 5.69 Å². The average Bonchev–Trinajstić information content (AvgIpc) is 2.27. The van der Waals surface area contributed by atoms with Gasteiger partial charge >= 0.3 is 0 Å². The Labute approximate surface area is 104 Å². The number of rotatable bonds is 5. The molecule has 1 atom stereocenters. The zero-order chi connectivity index (χ0) is 13.0. The molecule has 0 spiro atoms. The molecular weight excluding hydrogens is 246 g/mol. The van der Waals surface area contributed by atoms with Gasteiger partial charge in [0.2, 0.25) is 0 Å². The van der Waals surface area contributed by atoms with Crippen molar-refractivity contribution in [2.75, 3.05) is 25.7 Å². The van der Waals surface area contributed by atoms with E-state index in [1.807, 2.05) is 6.92 Å². The van der Waals surface area contributed by atoms with E-state index in [9.17, 15) is 10.1 Å². The van der Waals surface area contributed by atoms with Gasteiger partial charge in [-0.05, 0) is 6.92 Å². The SMILES string of the molecule is COCC(C)N(C)c1cc([N+](=O)[O-])cc(Cl)n1. The lowest BCUT2D eigenvalue weighted by Crippen LogP contribution is -2.33. The molecule has 6 nitrogen and oxygen atoms in total. The molecule has 1 aromatic rings.